The van der Waals surface area contributed by atoms with Crippen LogP contribution in [0, 0.1) is 86.8 Å². The first-order chi connectivity index (χ1) is 68.2. The summed E-state index contributed by atoms with van der Waals surface area (Å²) in [6, 6.07) is 21.7. The second kappa shape index (κ2) is 50.8. The van der Waals surface area contributed by atoms with Crippen molar-refractivity contribution in [2.24, 2.45) is 86.8 Å². The molecular weight excluding hydrogens is 1900 g/mol. The summed E-state index contributed by atoms with van der Waals surface area (Å²) < 4.78 is 61.6. The number of amides is 8. The molecule has 8 aliphatic rings. The number of piperidine rings is 3. The van der Waals surface area contributed by atoms with Crippen molar-refractivity contribution >= 4 is 114 Å². The number of benzene rings is 3. The lowest BCUT2D eigenvalue weighted by Crippen LogP contribution is -2.60. The van der Waals surface area contributed by atoms with Crippen LogP contribution < -0.4 is 26.6 Å². The highest BCUT2D eigenvalue weighted by atomic mass is 32.2. The number of nitrogens with zero attached hydrogens (tertiary/aromatic N) is 3. The van der Waals surface area contributed by atoms with Gasteiger partial charge in [-0.2, -0.15) is 0 Å². The van der Waals surface area contributed by atoms with Crippen molar-refractivity contribution in [3.05, 3.63) is 133 Å². The van der Waals surface area contributed by atoms with Crippen LogP contribution in [0.25, 0.3) is 0 Å². The first kappa shape index (κ1) is 119. The second-order valence-corrected chi connectivity index (χ2v) is 52.3. The summed E-state index contributed by atoms with van der Waals surface area (Å²) in [5.74, 6) is -9.49. The Balaban J connectivity index is 0.000000244. The smallest absolute Gasteiger partial charge is 0.408 e. The molecule has 0 bridgehead atoms. The molecule has 5 N–H and O–H groups in total. The minimum Gasteiger partial charge on any atom is -0.444 e. The van der Waals surface area contributed by atoms with Gasteiger partial charge in [0, 0.05) is 94.4 Å². The molecule has 30 nitrogen and oxygen atoms in total. The highest BCUT2D eigenvalue weighted by molar-refractivity contribution is 7.90. The Bertz CT molecular complexity index is 5180. The monoisotopic (exact) mass is 2060 g/mol. The number of sulfone groups is 2. The molecule has 3 unspecified atom stereocenters. The highest BCUT2D eigenvalue weighted by Crippen LogP contribution is 2.68. The van der Waals surface area contributed by atoms with Crippen LogP contribution in [-0.4, -0.2) is 210 Å². The molecule has 11 rings (SSSR count). The molecule has 5 aliphatic carbocycles. The van der Waals surface area contributed by atoms with Gasteiger partial charge in [0.1, 0.15) is 29.3 Å². The molecule has 0 aromatic heterocycles. The van der Waals surface area contributed by atoms with Gasteiger partial charge in [-0.05, 0) is 219 Å². The number of hydrogen-bond donors (Lipinski definition) is 5. The van der Waals surface area contributed by atoms with Crippen LogP contribution in [0.2, 0.25) is 0 Å². The molecular formula is C114H166N8O22S2. The number of rotatable bonds is 48. The van der Waals surface area contributed by atoms with E-state index in [1.165, 1.54) is 0 Å². The van der Waals surface area contributed by atoms with E-state index >= 15 is 0 Å². The number of Topliss-reactive ketones (excluding diaryl/α,β-unsaturated/α-hetero) is 9. The van der Waals surface area contributed by atoms with Gasteiger partial charge in [-0.25, -0.2) is 31.2 Å². The predicted molar refractivity (Wildman–Crippen MR) is 560 cm³/mol. The zero-order valence-electron chi connectivity index (χ0n) is 90.0. The van der Waals surface area contributed by atoms with Gasteiger partial charge in [0.15, 0.2) is 54.4 Å². The minimum atomic E-state index is -3.48. The van der Waals surface area contributed by atoms with Crippen molar-refractivity contribution in [3.8, 4) is 0 Å². The molecule has 3 aromatic carbocycles. The topological polar surface area (TPSA) is 430 Å². The van der Waals surface area contributed by atoms with Crippen LogP contribution in [0.1, 0.15) is 309 Å². The Morgan fingerprint density at radius 3 is 1.08 bits per heavy atom. The van der Waals surface area contributed by atoms with Gasteiger partial charge < -0.3 is 50.8 Å². The Morgan fingerprint density at radius 1 is 0.432 bits per heavy atom. The largest absolute Gasteiger partial charge is 0.444 e. The zero-order chi connectivity index (χ0) is 108. The maximum absolute atomic E-state index is 14.4. The number of ether oxygens (including phenoxy) is 2. The molecule has 0 spiro atoms. The number of nitrogens with one attached hydrogen (secondary N) is 5. The standard InChI is InChI=1S/2C39H56N2O8S.C36H54N4O6/c2*1-7-8-18-28(35(44)30(42)21-15-22-50(47,48)25-26-16-11-9-12-17-26)23-31(43)34-32-29(39(32,5)6)24-41(34)36(45)33(27-19-13-10-14-20-27)40-37(46)49-38(2,3)4;1-10-14-23(30(44)25(41)17-18-27(43)37-20-22-15-12-11-13-16-22)19-26(42)29-28-24(36(28,8)9)21-40(29)32(45)31(34(2,3)4)38-33(46)39-35(5,6)7/h2*7,9,11-12,16-17,27-29,32-34H,1,8,10,13-15,18-25H2,2-6H3,(H,40,46);11-13,15-16,23-24,28-29,31H,10,14,17-21H2,1-9H3,(H,37,43)(H2,38,39,46)/t2*28?,29-,32-,33-,34+;23?,24-,28-,29+,31+/m000/s1. The van der Waals surface area contributed by atoms with E-state index < -0.39 is 149 Å². The third kappa shape index (κ3) is 33.4. The van der Waals surface area contributed by atoms with Crippen LogP contribution in [0.15, 0.2) is 116 Å². The average molecular weight is 2060 g/mol. The van der Waals surface area contributed by atoms with E-state index in [0.29, 0.717) is 63.0 Å². The van der Waals surface area contributed by atoms with Crippen molar-refractivity contribution in [2.45, 2.75) is 363 Å². The first-order valence-corrected chi connectivity index (χ1v) is 56.6. The summed E-state index contributed by atoms with van der Waals surface area (Å²) in [7, 11) is -6.96. The van der Waals surface area contributed by atoms with E-state index in [4.69, 9.17) is 9.47 Å². The van der Waals surface area contributed by atoms with Crippen molar-refractivity contribution in [1.82, 2.24) is 41.3 Å². The average Bonchev–Trinajstić information content (AvgIpc) is 1.53. The van der Waals surface area contributed by atoms with Gasteiger partial charge >= 0.3 is 18.2 Å². The van der Waals surface area contributed by atoms with Crippen LogP contribution in [0.4, 0.5) is 14.4 Å². The summed E-state index contributed by atoms with van der Waals surface area (Å²) >= 11 is 0. The molecule has 8 amide bonds. The molecule has 3 aliphatic heterocycles. The minimum absolute atomic E-state index is 0.0118. The Morgan fingerprint density at radius 2 is 0.760 bits per heavy atom. The maximum atomic E-state index is 14.4. The molecule has 806 valence electrons. The van der Waals surface area contributed by atoms with E-state index in [2.05, 4.69) is 81.3 Å². The normalized spacial score (nSPS) is 22.4. The van der Waals surface area contributed by atoms with Gasteiger partial charge in [0.2, 0.25) is 41.0 Å². The van der Waals surface area contributed by atoms with Crippen LogP contribution in [0.3, 0.4) is 0 Å². The number of urea groups is 1. The third-order valence-corrected chi connectivity index (χ3v) is 34.3. The lowest BCUT2D eigenvalue weighted by atomic mass is 9.82. The molecule has 15 atom stereocenters. The number of allylic oxidation sites excluding steroid dienone is 2. The molecule has 146 heavy (non-hydrogen) atoms. The highest BCUT2D eigenvalue weighted by Gasteiger charge is 2.72. The number of ketones is 9. The zero-order valence-corrected chi connectivity index (χ0v) is 91.7. The summed E-state index contributed by atoms with van der Waals surface area (Å²) in [6.45, 7) is 45.1. The lowest BCUT2D eigenvalue weighted by molar-refractivity contribution is -0.144. The van der Waals surface area contributed by atoms with E-state index in [0.717, 1.165) is 69.8 Å². The summed E-state index contributed by atoms with van der Waals surface area (Å²) in [5, 5.41) is 14.2. The first-order valence-electron chi connectivity index (χ1n) is 53.0. The SMILES string of the molecule is C=CCCC(CC(=O)[C@@H]1[C@@H]2[C@H](CN1C(=O)[C@@H](NC(=O)OC(C)(C)C)C1CCCCC1)C2(C)C)C(=O)C(=O)CCCS(=O)(=O)Cc1ccccc1.C=CCCC(CC(=O)[C@@H]1[C@@H]2[C@H](CN1C(=O)[C@@H](NC(=O)OC(C)(C)C)C1CCCCC1)C2(C)C)C(=O)C(=O)CCCS(=O)(=O)Cc1ccccc1.CCCC(CC(=O)[C@@H]1[C@@H]2[C@H](CN1C(=O)[C@@H](NC(=O)NC(C)(C)C)C(C)(C)C)C2(C)C)C(=O)C(=O)CCC(=O)NCc1ccccc1. The van der Waals surface area contributed by atoms with Crippen molar-refractivity contribution < 1.29 is 103 Å². The van der Waals surface area contributed by atoms with Crippen LogP contribution in [0.5, 0.6) is 0 Å². The molecule has 5 saturated carbocycles. The van der Waals surface area contributed by atoms with Gasteiger partial charge in [-0.1, -0.05) is 217 Å². The van der Waals surface area contributed by atoms with E-state index in [1.54, 1.807) is 129 Å². The molecule has 32 heteroatoms. The number of hydrogen-bond acceptors (Lipinski definition) is 22. The fourth-order valence-corrected chi connectivity index (χ4v) is 25.7. The summed E-state index contributed by atoms with van der Waals surface area (Å²) in [4.78, 5) is 221. The van der Waals surface area contributed by atoms with Gasteiger partial charge in [-0.3, -0.25) is 62.3 Å². The number of carbonyl (C=O) groups excluding carboxylic acids is 16. The number of alkyl carbamates (subject to hydrolysis) is 2. The van der Waals surface area contributed by atoms with Crippen molar-refractivity contribution in [2.75, 3.05) is 31.1 Å². The van der Waals surface area contributed by atoms with Gasteiger partial charge in [0.05, 0.1) is 41.1 Å². The third-order valence-electron chi connectivity index (χ3n) is 30.9. The van der Waals surface area contributed by atoms with E-state index in [1.807, 2.05) is 78.8 Å². The lowest BCUT2D eigenvalue weighted by Gasteiger charge is -2.38. The number of likely N-dealkylation sites (tertiary alicyclic amines) is 3. The summed E-state index contributed by atoms with van der Waals surface area (Å²) in [5.41, 5.74) is -0.869. The number of fused-ring (bicyclic) bond motifs is 3. The molecule has 3 heterocycles. The van der Waals surface area contributed by atoms with Crippen LogP contribution >= 0.6 is 0 Å². The maximum Gasteiger partial charge on any atom is 0.408 e. The van der Waals surface area contributed by atoms with Crippen molar-refractivity contribution in [1.29, 1.82) is 0 Å². The Labute approximate surface area is 866 Å². The summed E-state index contributed by atoms with van der Waals surface area (Å²) in [6.07, 6.45) is 11.9. The van der Waals surface area contributed by atoms with Crippen molar-refractivity contribution in [3.63, 3.8) is 0 Å². The molecule has 0 radical (unpaired) electrons. The van der Waals surface area contributed by atoms with Crippen LogP contribution in [-0.2, 0) is 110 Å². The fraction of sp³-hybridized carbons (Fsp3) is 0.667. The Kier molecular flexibility index (Phi) is 41.5. The fourth-order valence-electron chi connectivity index (χ4n) is 22.8. The predicted octanol–water partition coefficient (Wildman–Crippen LogP) is 16.6. The van der Waals surface area contributed by atoms with E-state index in [9.17, 15) is 93.5 Å². The molecule has 3 saturated heterocycles. The molecule has 8 fully saturated rings. The van der Waals surface area contributed by atoms with Gasteiger partial charge in [0.25, 0.3) is 0 Å². The second-order valence-electron chi connectivity index (χ2n) is 48.0. The molecule has 3 aromatic rings. The Hall–Kier alpha value is -10.2. The van der Waals surface area contributed by atoms with Gasteiger partial charge in [-0.15, -0.1) is 13.2 Å². The number of carbonyl (C=O) groups is 16. The van der Waals surface area contributed by atoms with E-state index in [-0.39, 0.29) is 198 Å². The quantitative estimate of drug-likeness (QED) is 0.0259.